The largest absolute Gasteiger partial charge is 0.507 e. The molecule has 89 valence electrons. The molecule has 0 bridgehead atoms. The normalized spacial score (nSPS) is 7.33. The van der Waals surface area contributed by atoms with Crippen LogP contribution < -0.4 is 11.5 Å². The molecule has 0 unspecified atom stereocenters. The van der Waals surface area contributed by atoms with Crippen molar-refractivity contribution in [2.75, 3.05) is 13.1 Å². The van der Waals surface area contributed by atoms with Gasteiger partial charge in [0, 0.05) is 29.9 Å². The van der Waals surface area contributed by atoms with Gasteiger partial charge in [0.25, 0.3) is 0 Å². The van der Waals surface area contributed by atoms with Gasteiger partial charge >= 0.3 is 0 Å². The van der Waals surface area contributed by atoms with E-state index in [9.17, 15) is 4.79 Å². The van der Waals surface area contributed by atoms with E-state index in [-0.39, 0.29) is 28.0 Å². The number of carbonyl (C=O) groups excluding carboxylic acids is 1. The molecule has 0 saturated carbocycles. The summed E-state index contributed by atoms with van der Waals surface area (Å²) in [5.41, 5.74) is 10.1. The van der Waals surface area contributed by atoms with Gasteiger partial charge < -0.3 is 22.1 Å². The summed E-state index contributed by atoms with van der Waals surface area (Å²) in [7, 11) is 0. The van der Waals surface area contributed by atoms with E-state index in [0.29, 0.717) is 24.9 Å². The van der Waals surface area contributed by atoms with Gasteiger partial charge in [-0.25, -0.2) is 0 Å². The average Bonchev–Trinajstić information content (AvgIpc) is 2.19. The van der Waals surface area contributed by atoms with Crippen molar-refractivity contribution in [1.82, 2.24) is 0 Å². The summed E-state index contributed by atoms with van der Waals surface area (Å²) in [6, 6.07) is 6.40. The molecule has 0 aliphatic rings. The van der Waals surface area contributed by atoms with E-state index in [1.54, 1.807) is 18.2 Å². The molecule has 0 atom stereocenters. The van der Waals surface area contributed by atoms with Gasteiger partial charge in [-0.1, -0.05) is 12.1 Å². The van der Waals surface area contributed by atoms with Crippen molar-refractivity contribution in [3.8, 4) is 5.75 Å². The number of aldehydes is 1. The number of para-hydroxylation sites is 1. The van der Waals surface area contributed by atoms with E-state index < -0.39 is 0 Å². The molecular formula is C9H16CoN2O3. The van der Waals surface area contributed by atoms with Crippen LogP contribution in [-0.4, -0.2) is 30.0 Å². The Morgan fingerprint density at radius 1 is 1.20 bits per heavy atom. The number of rotatable bonds is 2. The Hall–Kier alpha value is -0.924. The Kier molecular flexibility index (Phi) is 17.1. The quantitative estimate of drug-likeness (QED) is 0.607. The fourth-order valence-electron chi connectivity index (χ4n) is 0.587. The summed E-state index contributed by atoms with van der Waals surface area (Å²) >= 11 is 0. The van der Waals surface area contributed by atoms with Crippen LogP contribution in [0.1, 0.15) is 10.4 Å². The van der Waals surface area contributed by atoms with Gasteiger partial charge in [-0.2, -0.15) is 0 Å². The van der Waals surface area contributed by atoms with Crippen LogP contribution in [0.2, 0.25) is 0 Å². The molecule has 1 rings (SSSR count). The Balaban J connectivity index is -0.000000213. The Bertz CT molecular complexity index is 257. The van der Waals surface area contributed by atoms with Gasteiger partial charge in [0.15, 0.2) is 6.29 Å². The van der Waals surface area contributed by atoms with Gasteiger partial charge in [0.2, 0.25) is 0 Å². The molecule has 0 amide bonds. The number of aromatic hydroxyl groups is 1. The minimum atomic E-state index is 0. The van der Waals surface area contributed by atoms with Crippen LogP contribution in [0, 0.1) is 0 Å². The van der Waals surface area contributed by atoms with Crippen molar-refractivity contribution in [3.05, 3.63) is 29.8 Å². The van der Waals surface area contributed by atoms with Gasteiger partial charge in [-0.3, -0.25) is 4.79 Å². The zero-order valence-corrected chi connectivity index (χ0v) is 9.19. The Labute approximate surface area is 99.0 Å². The zero-order chi connectivity index (χ0) is 10.1. The first-order valence-electron chi connectivity index (χ1n) is 3.89. The van der Waals surface area contributed by atoms with E-state index in [2.05, 4.69) is 0 Å². The maximum absolute atomic E-state index is 10.1. The summed E-state index contributed by atoms with van der Waals surface area (Å²) in [5.74, 6) is 0.0347. The molecule has 0 heterocycles. The third-order valence-corrected chi connectivity index (χ3v) is 1.23. The van der Waals surface area contributed by atoms with Crippen LogP contribution in [0.5, 0.6) is 5.75 Å². The molecule has 1 aromatic rings. The predicted octanol–water partition coefficient (Wildman–Crippen LogP) is -0.719. The average molecular weight is 259 g/mol. The van der Waals surface area contributed by atoms with Crippen LogP contribution >= 0.6 is 0 Å². The van der Waals surface area contributed by atoms with Crippen molar-refractivity contribution >= 4 is 6.29 Å². The molecule has 7 N–H and O–H groups in total. The second-order valence-corrected chi connectivity index (χ2v) is 2.25. The summed E-state index contributed by atoms with van der Waals surface area (Å²) in [6.45, 7) is 1.19. The number of carbonyl (C=O) groups is 1. The minimum absolute atomic E-state index is 0. The summed E-state index contributed by atoms with van der Waals surface area (Å²) in [5, 5.41) is 8.88. The van der Waals surface area contributed by atoms with E-state index in [0.717, 1.165) is 0 Å². The summed E-state index contributed by atoms with van der Waals surface area (Å²) < 4.78 is 0. The standard InChI is InChI=1S/C7H6O2.C2H8N2.Co.H2O/c8-5-6-3-1-2-4-7(6)9;3-1-2-4;;/h1-5,9H;1-4H2;;1H2. The molecule has 15 heavy (non-hydrogen) atoms. The number of hydrogen-bond acceptors (Lipinski definition) is 4. The molecule has 1 radical (unpaired) electrons. The number of hydrogen-bond donors (Lipinski definition) is 3. The maximum atomic E-state index is 10.1. The minimum Gasteiger partial charge on any atom is -0.507 e. The van der Waals surface area contributed by atoms with Crippen molar-refractivity contribution in [1.29, 1.82) is 0 Å². The second-order valence-electron chi connectivity index (χ2n) is 2.25. The molecule has 0 aromatic heterocycles. The molecule has 5 nitrogen and oxygen atoms in total. The summed E-state index contributed by atoms with van der Waals surface area (Å²) in [4.78, 5) is 10.1. The van der Waals surface area contributed by atoms with Gasteiger partial charge in [0.05, 0.1) is 5.56 Å². The Morgan fingerprint density at radius 2 is 1.67 bits per heavy atom. The summed E-state index contributed by atoms with van der Waals surface area (Å²) in [6.07, 6.45) is 0.620. The number of benzene rings is 1. The first kappa shape index (κ1) is 19.6. The molecule has 6 heteroatoms. The van der Waals surface area contributed by atoms with E-state index in [1.165, 1.54) is 6.07 Å². The van der Waals surface area contributed by atoms with E-state index in [1.807, 2.05) is 0 Å². The molecule has 1 aromatic carbocycles. The Morgan fingerprint density at radius 3 is 1.93 bits per heavy atom. The van der Waals surface area contributed by atoms with Crippen LogP contribution in [0.3, 0.4) is 0 Å². The molecule has 0 aliphatic heterocycles. The first-order chi connectivity index (χ1) is 6.26. The first-order valence-corrected chi connectivity index (χ1v) is 3.89. The van der Waals surface area contributed by atoms with Crippen LogP contribution in [0.25, 0.3) is 0 Å². The van der Waals surface area contributed by atoms with Crippen LogP contribution in [0.15, 0.2) is 24.3 Å². The van der Waals surface area contributed by atoms with Crippen LogP contribution in [0.4, 0.5) is 0 Å². The van der Waals surface area contributed by atoms with Gasteiger partial charge in [0.1, 0.15) is 5.75 Å². The number of nitrogens with two attached hydrogens (primary N) is 2. The molecular weight excluding hydrogens is 243 g/mol. The van der Waals surface area contributed by atoms with Gasteiger partial charge in [-0.05, 0) is 12.1 Å². The molecule has 0 fully saturated rings. The maximum Gasteiger partial charge on any atom is 0.153 e. The predicted molar refractivity (Wildman–Crippen MR) is 55.2 cm³/mol. The van der Waals surface area contributed by atoms with Crippen molar-refractivity contribution in [3.63, 3.8) is 0 Å². The number of phenolic OH excluding ortho intramolecular Hbond substituents is 1. The molecule has 0 saturated heterocycles. The number of phenols is 1. The van der Waals surface area contributed by atoms with E-state index >= 15 is 0 Å². The topological polar surface area (TPSA) is 121 Å². The van der Waals surface area contributed by atoms with Gasteiger partial charge in [-0.15, -0.1) is 0 Å². The third-order valence-electron chi connectivity index (χ3n) is 1.23. The van der Waals surface area contributed by atoms with Crippen molar-refractivity contribution in [2.24, 2.45) is 11.5 Å². The monoisotopic (exact) mass is 259 g/mol. The zero-order valence-electron chi connectivity index (χ0n) is 8.14. The third kappa shape index (κ3) is 9.38. The second kappa shape index (κ2) is 13.1. The smallest absolute Gasteiger partial charge is 0.153 e. The molecule has 0 aliphatic carbocycles. The molecule has 0 spiro atoms. The fraction of sp³-hybridized carbons (Fsp3) is 0.222. The van der Waals surface area contributed by atoms with E-state index in [4.69, 9.17) is 16.6 Å². The van der Waals surface area contributed by atoms with Crippen molar-refractivity contribution in [2.45, 2.75) is 0 Å². The van der Waals surface area contributed by atoms with Crippen molar-refractivity contribution < 1.29 is 32.2 Å². The van der Waals surface area contributed by atoms with Crippen LogP contribution in [-0.2, 0) is 16.8 Å². The SMILES string of the molecule is NCCN.O.O=Cc1ccccc1O.[Co]. The fourth-order valence-corrected chi connectivity index (χ4v) is 0.587.